The second kappa shape index (κ2) is 10.9. The summed E-state index contributed by atoms with van der Waals surface area (Å²) in [6.45, 7) is 1.73. The van der Waals surface area contributed by atoms with Crippen molar-refractivity contribution in [2.45, 2.75) is 13.3 Å². The van der Waals surface area contributed by atoms with Crippen molar-refractivity contribution >= 4 is 44.1 Å². The van der Waals surface area contributed by atoms with E-state index in [4.69, 9.17) is 10.5 Å². The molecule has 0 aliphatic heterocycles. The largest absolute Gasteiger partial charge is 0.494 e. The van der Waals surface area contributed by atoms with E-state index in [0.717, 1.165) is 0 Å². The summed E-state index contributed by atoms with van der Waals surface area (Å²) in [5, 5.41) is 5.60. The second-order valence-electron chi connectivity index (χ2n) is 8.38. The van der Waals surface area contributed by atoms with Gasteiger partial charge in [-0.1, -0.05) is 19.1 Å². The minimum Gasteiger partial charge on any atom is -0.494 e. The zero-order valence-electron chi connectivity index (χ0n) is 21.0. The van der Waals surface area contributed by atoms with Crippen LogP contribution in [0.5, 0.6) is 5.75 Å². The number of aromatic nitrogens is 2. The molecule has 4 rings (SSSR count). The Labute approximate surface area is 219 Å². The molecule has 0 unspecified atom stereocenters. The summed E-state index contributed by atoms with van der Waals surface area (Å²) >= 11 is 0. The quantitative estimate of drug-likeness (QED) is 0.256. The Morgan fingerprint density at radius 2 is 1.82 bits per heavy atom. The van der Waals surface area contributed by atoms with E-state index in [1.807, 2.05) is 0 Å². The van der Waals surface area contributed by atoms with Crippen LogP contribution >= 0.6 is 0 Å². The van der Waals surface area contributed by atoms with Crippen LogP contribution < -0.4 is 25.8 Å². The Morgan fingerprint density at radius 3 is 2.47 bits per heavy atom. The maximum atomic E-state index is 15.4. The molecule has 0 saturated heterocycles. The van der Waals surface area contributed by atoms with Gasteiger partial charge in [0.05, 0.1) is 18.6 Å². The second-order valence-corrected chi connectivity index (χ2v) is 10.2. The molecule has 0 spiro atoms. The van der Waals surface area contributed by atoms with Crippen molar-refractivity contribution in [2.24, 2.45) is 0 Å². The number of carbonyl (C=O) groups is 1. The molecular formula is C26H27FN6O4S. The van der Waals surface area contributed by atoms with Crippen LogP contribution in [0.1, 0.15) is 13.3 Å². The Hall–Kier alpha value is -4.45. The van der Waals surface area contributed by atoms with Gasteiger partial charge in [-0.05, 0) is 54.4 Å². The lowest BCUT2D eigenvalue weighted by atomic mass is 10.0. The first-order valence-corrected chi connectivity index (χ1v) is 13.3. The van der Waals surface area contributed by atoms with E-state index in [2.05, 4.69) is 25.3 Å². The van der Waals surface area contributed by atoms with E-state index >= 15 is 4.39 Å². The molecule has 0 aliphatic carbocycles. The summed E-state index contributed by atoms with van der Waals surface area (Å²) < 4.78 is 47.7. The molecule has 38 heavy (non-hydrogen) atoms. The minimum absolute atomic E-state index is 0.121. The average Bonchev–Trinajstić information content (AvgIpc) is 2.89. The van der Waals surface area contributed by atoms with Gasteiger partial charge in [-0.2, -0.15) is 0 Å². The van der Waals surface area contributed by atoms with Crippen LogP contribution in [0.4, 0.5) is 26.4 Å². The number of halogens is 1. The number of nitrogens with one attached hydrogen (secondary N) is 3. The van der Waals surface area contributed by atoms with Gasteiger partial charge in [-0.3, -0.25) is 4.72 Å². The highest BCUT2D eigenvalue weighted by atomic mass is 32.2. The standard InChI is InChI=1S/C26H27FN6O4S/c1-4-12-38(35,36)33-20-7-5-6-18(22(20)27)16-13-19-23(21(14-16)37-3)31-25(32-24(19)28)15-8-10-17(11-9-15)30-26(34)29-2/h5-11,13-14,33H,4,12H2,1-3H3,(H2,28,31,32)(H2,29,30,34). The third-order valence-corrected chi connectivity index (χ3v) is 7.17. The molecule has 4 aromatic rings. The van der Waals surface area contributed by atoms with E-state index in [-0.39, 0.29) is 28.9 Å². The van der Waals surface area contributed by atoms with E-state index in [0.29, 0.717) is 45.7 Å². The highest BCUT2D eigenvalue weighted by molar-refractivity contribution is 7.92. The van der Waals surface area contributed by atoms with Crippen molar-refractivity contribution in [3.05, 3.63) is 60.4 Å². The zero-order chi connectivity index (χ0) is 27.4. The molecule has 1 heterocycles. The van der Waals surface area contributed by atoms with Crippen molar-refractivity contribution in [1.29, 1.82) is 0 Å². The van der Waals surface area contributed by atoms with Crippen molar-refractivity contribution in [3.8, 4) is 28.3 Å². The zero-order valence-corrected chi connectivity index (χ0v) is 21.8. The highest BCUT2D eigenvalue weighted by Gasteiger charge is 2.19. The molecule has 0 bridgehead atoms. The van der Waals surface area contributed by atoms with Gasteiger partial charge in [0.25, 0.3) is 0 Å². The molecule has 0 saturated carbocycles. The Morgan fingerprint density at radius 1 is 1.08 bits per heavy atom. The number of nitrogens with two attached hydrogens (primary N) is 1. The van der Waals surface area contributed by atoms with E-state index < -0.39 is 15.8 Å². The van der Waals surface area contributed by atoms with Gasteiger partial charge in [0.2, 0.25) is 10.0 Å². The lowest BCUT2D eigenvalue weighted by molar-refractivity contribution is 0.254. The normalized spacial score (nSPS) is 11.3. The highest BCUT2D eigenvalue weighted by Crippen LogP contribution is 2.37. The Kier molecular flexibility index (Phi) is 7.62. The topological polar surface area (TPSA) is 148 Å². The smallest absolute Gasteiger partial charge is 0.318 e. The fourth-order valence-corrected chi connectivity index (χ4v) is 5.01. The monoisotopic (exact) mass is 538 g/mol. The molecule has 5 N–H and O–H groups in total. The first-order chi connectivity index (χ1) is 18.2. The molecule has 3 aromatic carbocycles. The number of sulfonamides is 1. The molecule has 0 aliphatic rings. The summed E-state index contributed by atoms with van der Waals surface area (Å²) in [7, 11) is -0.698. The first kappa shape index (κ1) is 26.6. The van der Waals surface area contributed by atoms with E-state index in [1.54, 1.807) is 49.4 Å². The van der Waals surface area contributed by atoms with Crippen LogP contribution in [-0.2, 0) is 10.0 Å². The number of nitrogens with zero attached hydrogens (tertiary/aromatic N) is 2. The summed E-state index contributed by atoms with van der Waals surface area (Å²) in [5.74, 6) is -0.0227. The number of benzene rings is 3. The van der Waals surface area contributed by atoms with Gasteiger partial charge >= 0.3 is 6.03 Å². The maximum Gasteiger partial charge on any atom is 0.318 e. The third-order valence-electron chi connectivity index (χ3n) is 5.69. The number of methoxy groups -OCH3 is 1. The van der Waals surface area contributed by atoms with Gasteiger partial charge in [0.1, 0.15) is 17.1 Å². The Balaban J connectivity index is 1.76. The molecular weight excluding hydrogens is 511 g/mol. The van der Waals surface area contributed by atoms with Gasteiger partial charge in [0.15, 0.2) is 11.6 Å². The number of nitrogen functional groups attached to an aromatic ring is 1. The molecule has 2 amide bonds. The van der Waals surface area contributed by atoms with Gasteiger partial charge in [0, 0.05) is 29.2 Å². The number of hydrogen-bond donors (Lipinski definition) is 4. The van der Waals surface area contributed by atoms with E-state index in [9.17, 15) is 13.2 Å². The van der Waals surface area contributed by atoms with Crippen molar-refractivity contribution in [2.75, 3.05) is 35.7 Å². The fraction of sp³-hybridized carbons (Fsp3) is 0.192. The van der Waals surface area contributed by atoms with Crippen LogP contribution in [0.3, 0.4) is 0 Å². The van der Waals surface area contributed by atoms with Gasteiger partial charge in [-0.25, -0.2) is 27.6 Å². The summed E-state index contributed by atoms with van der Waals surface area (Å²) in [4.78, 5) is 20.6. The molecule has 0 radical (unpaired) electrons. The van der Waals surface area contributed by atoms with Crippen LogP contribution in [0, 0.1) is 5.82 Å². The first-order valence-electron chi connectivity index (χ1n) is 11.7. The van der Waals surface area contributed by atoms with Crippen LogP contribution in [0.15, 0.2) is 54.6 Å². The van der Waals surface area contributed by atoms with Gasteiger partial charge in [-0.15, -0.1) is 0 Å². The minimum atomic E-state index is -3.68. The van der Waals surface area contributed by atoms with Crippen molar-refractivity contribution in [1.82, 2.24) is 15.3 Å². The molecule has 12 heteroatoms. The van der Waals surface area contributed by atoms with Crippen LogP contribution in [-0.4, -0.2) is 44.3 Å². The predicted octanol–water partition coefficient (Wildman–Crippen LogP) is 4.60. The molecule has 0 atom stereocenters. The number of amides is 2. The molecule has 1 aromatic heterocycles. The summed E-state index contributed by atoms with van der Waals surface area (Å²) in [5.41, 5.74) is 8.40. The third kappa shape index (κ3) is 5.59. The summed E-state index contributed by atoms with van der Waals surface area (Å²) in [6.07, 6.45) is 0.400. The lowest BCUT2D eigenvalue weighted by Crippen LogP contribution is -2.24. The number of ether oxygens (including phenoxy) is 1. The molecule has 0 fully saturated rings. The van der Waals surface area contributed by atoms with Crippen LogP contribution in [0.25, 0.3) is 33.4 Å². The number of fused-ring (bicyclic) bond motifs is 1. The molecule has 198 valence electrons. The maximum absolute atomic E-state index is 15.4. The molecule has 10 nitrogen and oxygen atoms in total. The van der Waals surface area contributed by atoms with Crippen molar-refractivity contribution in [3.63, 3.8) is 0 Å². The van der Waals surface area contributed by atoms with Crippen LogP contribution in [0.2, 0.25) is 0 Å². The summed E-state index contributed by atoms with van der Waals surface area (Å²) in [6, 6.07) is 14.3. The van der Waals surface area contributed by atoms with E-state index in [1.165, 1.54) is 26.3 Å². The number of carbonyl (C=O) groups excluding carboxylic acids is 1. The SMILES string of the molecule is CCCS(=O)(=O)Nc1cccc(-c2cc(OC)c3nc(-c4ccc(NC(=O)NC)cc4)nc(N)c3c2)c1F. The predicted molar refractivity (Wildman–Crippen MR) is 147 cm³/mol. The number of anilines is 3. The lowest BCUT2D eigenvalue weighted by Gasteiger charge is -2.14. The van der Waals surface area contributed by atoms with Crippen molar-refractivity contribution < 1.29 is 22.3 Å². The average molecular weight is 539 g/mol. The number of hydrogen-bond acceptors (Lipinski definition) is 7. The number of rotatable bonds is 8. The van der Waals surface area contributed by atoms with Gasteiger partial charge < -0.3 is 21.1 Å². The Bertz CT molecular complexity index is 1610. The fourth-order valence-electron chi connectivity index (χ4n) is 3.88. The number of urea groups is 1.